The predicted octanol–water partition coefficient (Wildman–Crippen LogP) is 2.90. The summed E-state index contributed by atoms with van der Waals surface area (Å²) in [5.41, 5.74) is 5.33. The molecule has 0 aliphatic carbocycles. The van der Waals surface area contributed by atoms with E-state index < -0.39 is 17.2 Å². The van der Waals surface area contributed by atoms with Crippen molar-refractivity contribution in [2.24, 2.45) is 5.73 Å². The van der Waals surface area contributed by atoms with Gasteiger partial charge in [-0.2, -0.15) is 0 Å². The lowest BCUT2D eigenvalue weighted by Crippen LogP contribution is -2.34. The first-order valence-corrected chi connectivity index (χ1v) is 4.60. The minimum absolute atomic E-state index is 0.204. The molecule has 1 aromatic rings. The van der Waals surface area contributed by atoms with E-state index in [0.717, 1.165) is 12.1 Å². The summed E-state index contributed by atoms with van der Waals surface area (Å²) in [6, 6.07) is 2.07. The van der Waals surface area contributed by atoms with E-state index in [1.165, 1.54) is 0 Å². The molecule has 14 heavy (non-hydrogen) atoms. The van der Waals surface area contributed by atoms with E-state index in [1.807, 2.05) is 0 Å². The maximum atomic E-state index is 13.4. The molecule has 1 aromatic carbocycles. The summed E-state index contributed by atoms with van der Waals surface area (Å²) in [7, 11) is 0. The monoisotopic (exact) mass is 219 g/mol. The van der Waals surface area contributed by atoms with Crippen LogP contribution >= 0.6 is 11.6 Å². The quantitative estimate of drug-likeness (QED) is 0.761. The molecule has 0 heterocycles. The van der Waals surface area contributed by atoms with Gasteiger partial charge in [0.25, 0.3) is 0 Å². The van der Waals surface area contributed by atoms with Crippen LogP contribution in [0.5, 0.6) is 0 Å². The maximum Gasteiger partial charge on any atom is 0.145 e. The molecule has 78 valence electrons. The summed E-state index contributed by atoms with van der Waals surface area (Å²) in [5.74, 6) is -1.14. The lowest BCUT2D eigenvalue weighted by Gasteiger charge is -2.19. The zero-order valence-corrected chi connectivity index (χ0v) is 8.83. The first-order valence-electron chi connectivity index (χ1n) is 4.22. The molecule has 0 aromatic heterocycles. The minimum Gasteiger partial charge on any atom is -0.325 e. The summed E-state index contributed by atoms with van der Waals surface area (Å²) in [6.07, 6.45) is 0.246. The third kappa shape index (κ3) is 2.93. The van der Waals surface area contributed by atoms with Gasteiger partial charge in [-0.1, -0.05) is 11.6 Å². The number of hydrogen-bond acceptors (Lipinski definition) is 1. The van der Waals surface area contributed by atoms with E-state index in [0.29, 0.717) is 0 Å². The molecule has 0 radical (unpaired) electrons. The first kappa shape index (κ1) is 11.4. The van der Waals surface area contributed by atoms with Crippen molar-refractivity contribution >= 4 is 11.6 Å². The molecule has 0 amide bonds. The van der Waals surface area contributed by atoms with Gasteiger partial charge in [0, 0.05) is 5.54 Å². The minimum atomic E-state index is -0.591. The summed E-state index contributed by atoms with van der Waals surface area (Å²) in [5, 5.41) is -0.204. The maximum absolute atomic E-state index is 13.4. The van der Waals surface area contributed by atoms with E-state index in [1.54, 1.807) is 13.8 Å². The van der Waals surface area contributed by atoms with E-state index in [9.17, 15) is 8.78 Å². The van der Waals surface area contributed by atoms with Gasteiger partial charge < -0.3 is 5.73 Å². The summed E-state index contributed by atoms with van der Waals surface area (Å²) >= 11 is 5.49. The van der Waals surface area contributed by atoms with Crippen LogP contribution in [0.4, 0.5) is 8.78 Å². The number of halogens is 3. The highest BCUT2D eigenvalue weighted by Crippen LogP contribution is 2.22. The van der Waals surface area contributed by atoms with Gasteiger partial charge in [-0.15, -0.1) is 0 Å². The van der Waals surface area contributed by atoms with Crippen molar-refractivity contribution in [3.8, 4) is 0 Å². The molecular formula is C10H12ClF2N. The van der Waals surface area contributed by atoms with Gasteiger partial charge in [-0.3, -0.25) is 0 Å². The van der Waals surface area contributed by atoms with Gasteiger partial charge in [0.1, 0.15) is 11.6 Å². The number of rotatable bonds is 2. The van der Waals surface area contributed by atoms with Crippen molar-refractivity contribution in [1.82, 2.24) is 0 Å². The molecule has 0 atom stereocenters. The normalized spacial score (nSPS) is 11.9. The van der Waals surface area contributed by atoms with E-state index in [4.69, 9.17) is 17.3 Å². The SMILES string of the molecule is CC(C)(N)Cc1cc(F)cc(Cl)c1F. The average molecular weight is 220 g/mol. The van der Waals surface area contributed by atoms with Crippen molar-refractivity contribution in [1.29, 1.82) is 0 Å². The fraction of sp³-hybridized carbons (Fsp3) is 0.400. The molecule has 4 heteroatoms. The predicted molar refractivity (Wildman–Crippen MR) is 53.3 cm³/mol. The Morgan fingerprint density at radius 2 is 1.93 bits per heavy atom. The van der Waals surface area contributed by atoms with Crippen molar-refractivity contribution in [2.75, 3.05) is 0 Å². The highest BCUT2D eigenvalue weighted by molar-refractivity contribution is 6.30. The zero-order valence-electron chi connectivity index (χ0n) is 8.07. The second-order valence-electron chi connectivity index (χ2n) is 4.03. The Morgan fingerprint density at radius 1 is 1.36 bits per heavy atom. The average Bonchev–Trinajstić information content (AvgIpc) is 1.96. The molecule has 0 saturated heterocycles. The highest BCUT2D eigenvalue weighted by atomic mass is 35.5. The Labute approximate surface area is 86.9 Å². The lowest BCUT2D eigenvalue weighted by atomic mass is 9.96. The number of hydrogen-bond donors (Lipinski definition) is 1. The smallest absolute Gasteiger partial charge is 0.145 e. The summed E-state index contributed by atoms with van der Waals surface area (Å²) in [6.45, 7) is 3.48. The van der Waals surface area contributed by atoms with Crippen LogP contribution in [0.25, 0.3) is 0 Å². The standard InChI is InChI=1S/C10H12ClF2N/c1-10(2,14)5-6-3-7(12)4-8(11)9(6)13/h3-4H,5,14H2,1-2H3. The van der Waals surface area contributed by atoms with Gasteiger partial charge in [-0.05, 0) is 38.0 Å². The Hall–Kier alpha value is -0.670. The van der Waals surface area contributed by atoms with Crippen LogP contribution in [0.1, 0.15) is 19.4 Å². The van der Waals surface area contributed by atoms with E-state index in [2.05, 4.69) is 0 Å². The van der Waals surface area contributed by atoms with Crippen LogP contribution in [0.15, 0.2) is 12.1 Å². The van der Waals surface area contributed by atoms with Gasteiger partial charge in [0.05, 0.1) is 5.02 Å². The third-order valence-electron chi connectivity index (χ3n) is 1.71. The van der Waals surface area contributed by atoms with Crippen LogP contribution in [-0.2, 0) is 6.42 Å². The second kappa shape index (κ2) is 3.83. The Morgan fingerprint density at radius 3 is 2.43 bits per heavy atom. The van der Waals surface area contributed by atoms with Crippen LogP contribution in [0.2, 0.25) is 5.02 Å². The first-order chi connectivity index (χ1) is 6.29. The molecule has 2 N–H and O–H groups in total. The van der Waals surface area contributed by atoms with Crippen LogP contribution in [0, 0.1) is 11.6 Å². The molecule has 0 saturated carbocycles. The lowest BCUT2D eigenvalue weighted by molar-refractivity contribution is 0.493. The fourth-order valence-electron chi connectivity index (χ4n) is 1.23. The van der Waals surface area contributed by atoms with Crippen molar-refractivity contribution in [3.05, 3.63) is 34.4 Å². The van der Waals surface area contributed by atoms with Crippen molar-refractivity contribution in [2.45, 2.75) is 25.8 Å². The molecule has 1 rings (SSSR count). The van der Waals surface area contributed by atoms with Crippen LogP contribution in [0.3, 0.4) is 0 Å². The molecule has 0 fully saturated rings. The molecule has 0 bridgehead atoms. The van der Waals surface area contributed by atoms with Gasteiger partial charge in [0.15, 0.2) is 0 Å². The van der Waals surface area contributed by atoms with Gasteiger partial charge >= 0.3 is 0 Å². The largest absolute Gasteiger partial charge is 0.325 e. The van der Waals surface area contributed by atoms with Gasteiger partial charge in [0.2, 0.25) is 0 Å². The van der Waals surface area contributed by atoms with Gasteiger partial charge in [-0.25, -0.2) is 8.78 Å². The van der Waals surface area contributed by atoms with Crippen LogP contribution < -0.4 is 5.73 Å². The summed E-state index contributed by atoms with van der Waals surface area (Å²) < 4.78 is 26.2. The Bertz CT molecular complexity index is 345. The summed E-state index contributed by atoms with van der Waals surface area (Å²) in [4.78, 5) is 0. The fourth-order valence-corrected chi connectivity index (χ4v) is 1.45. The number of nitrogens with two attached hydrogens (primary N) is 1. The molecule has 0 spiro atoms. The van der Waals surface area contributed by atoms with E-state index in [-0.39, 0.29) is 17.0 Å². The highest BCUT2D eigenvalue weighted by Gasteiger charge is 2.17. The zero-order chi connectivity index (χ0) is 10.9. The molecule has 0 aliphatic rings. The van der Waals surface area contributed by atoms with E-state index >= 15 is 0 Å². The Kier molecular flexibility index (Phi) is 3.12. The van der Waals surface area contributed by atoms with Crippen LogP contribution in [-0.4, -0.2) is 5.54 Å². The molecule has 0 unspecified atom stereocenters. The third-order valence-corrected chi connectivity index (χ3v) is 1.99. The number of benzene rings is 1. The molecular weight excluding hydrogens is 208 g/mol. The topological polar surface area (TPSA) is 26.0 Å². The Balaban J connectivity index is 3.09. The second-order valence-corrected chi connectivity index (χ2v) is 4.43. The molecule has 1 nitrogen and oxygen atoms in total. The van der Waals surface area contributed by atoms with Crippen molar-refractivity contribution < 1.29 is 8.78 Å². The molecule has 0 aliphatic heterocycles. The van der Waals surface area contributed by atoms with Crippen molar-refractivity contribution in [3.63, 3.8) is 0 Å².